The Kier molecular flexibility index (Phi) is 9.87. The van der Waals surface area contributed by atoms with Gasteiger partial charge in [0.15, 0.2) is 0 Å². The van der Waals surface area contributed by atoms with Crippen LogP contribution in [0.3, 0.4) is 0 Å². The molecule has 0 aliphatic heterocycles. The molecule has 0 N–H and O–H groups in total. The van der Waals surface area contributed by atoms with E-state index in [4.69, 9.17) is 9.15 Å². The molecule has 190 valence electrons. The molecule has 3 rings (SSSR count). The molecular formula is C31H43O2PSe. The second-order valence-corrected chi connectivity index (χ2v) is 20.1. The molecular weight excluding hydrogens is 514 g/mol. The molecule has 0 atom stereocenters. The molecule has 35 heavy (non-hydrogen) atoms. The molecule has 2 nitrogen and oxygen atoms in total. The van der Waals surface area contributed by atoms with E-state index in [2.05, 4.69) is 105 Å². The molecule has 0 radical (unpaired) electrons. The van der Waals surface area contributed by atoms with Crippen molar-refractivity contribution in [1.82, 2.24) is 0 Å². The molecule has 0 aliphatic carbocycles. The van der Waals surface area contributed by atoms with Crippen molar-refractivity contribution < 1.29 is 9.15 Å². The third-order valence-electron chi connectivity index (χ3n) is 6.72. The van der Waals surface area contributed by atoms with Gasteiger partial charge < -0.3 is 0 Å². The van der Waals surface area contributed by atoms with Crippen LogP contribution in [0.5, 0.6) is 0 Å². The third-order valence-corrected chi connectivity index (χ3v) is 13.2. The summed E-state index contributed by atoms with van der Waals surface area (Å²) in [5.41, 5.74) is 4.78. The minimum atomic E-state index is -1.28. The zero-order valence-electron chi connectivity index (χ0n) is 22.5. The first-order valence-electron chi connectivity index (χ1n) is 12.8. The maximum absolute atomic E-state index is 6.00. The molecule has 4 heteroatoms. The van der Waals surface area contributed by atoms with Gasteiger partial charge in [-0.15, -0.1) is 0 Å². The van der Waals surface area contributed by atoms with E-state index in [0.717, 1.165) is 31.4 Å². The zero-order chi connectivity index (χ0) is 25.5. The van der Waals surface area contributed by atoms with Gasteiger partial charge in [0, 0.05) is 0 Å². The summed E-state index contributed by atoms with van der Waals surface area (Å²) >= 11 is 3.70. The number of hydrogen-bond donors (Lipinski definition) is 0. The Hall–Kier alpha value is -1.37. The fourth-order valence-corrected chi connectivity index (χ4v) is 8.22. The number of hydrogen-bond acceptors (Lipinski definition) is 2. The van der Waals surface area contributed by atoms with Crippen LogP contribution in [-0.4, -0.2) is 40.2 Å². The first-order valence-corrected chi connectivity index (χ1v) is 17.4. The molecule has 0 unspecified atom stereocenters. The first kappa shape index (κ1) is 28.2. The van der Waals surface area contributed by atoms with Gasteiger partial charge in [-0.3, -0.25) is 0 Å². The molecule has 0 fully saturated rings. The Bertz CT molecular complexity index is 1000. The number of ether oxygens (including phenoxy) is 1. The van der Waals surface area contributed by atoms with E-state index in [0.29, 0.717) is 6.61 Å². The van der Waals surface area contributed by atoms with Crippen molar-refractivity contribution in [3.05, 3.63) is 94.9 Å². The van der Waals surface area contributed by atoms with Crippen LogP contribution in [0.4, 0.5) is 0 Å². The van der Waals surface area contributed by atoms with E-state index in [1.807, 2.05) is 12.1 Å². The molecule has 0 bridgehead atoms. The van der Waals surface area contributed by atoms with E-state index in [1.54, 1.807) is 6.26 Å². The normalized spacial score (nSPS) is 12.7. The van der Waals surface area contributed by atoms with E-state index in [-0.39, 0.29) is 10.8 Å². The maximum atomic E-state index is 6.00. The fourth-order valence-electron chi connectivity index (χ4n) is 4.14. The Balaban J connectivity index is 1.62. The summed E-state index contributed by atoms with van der Waals surface area (Å²) in [5.74, 6) is 0.895. The summed E-state index contributed by atoms with van der Waals surface area (Å²) in [7, 11) is 0. The van der Waals surface area contributed by atoms with Crippen molar-refractivity contribution in [1.29, 1.82) is 0 Å². The average Bonchev–Trinajstić information content (AvgIpc) is 3.33. The van der Waals surface area contributed by atoms with E-state index in [1.165, 1.54) is 34.6 Å². The minimum absolute atomic E-state index is 0.196. The number of rotatable bonds is 11. The molecule has 1 heterocycles. The van der Waals surface area contributed by atoms with E-state index >= 15 is 0 Å². The second-order valence-electron chi connectivity index (χ2n) is 11.8. The third kappa shape index (κ3) is 9.22. The van der Waals surface area contributed by atoms with E-state index in [9.17, 15) is 0 Å². The van der Waals surface area contributed by atoms with Crippen LogP contribution in [0.15, 0.2) is 71.3 Å². The van der Waals surface area contributed by atoms with Crippen LogP contribution in [0.2, 0.25) is 0 Å². The van der Waals surface area contributed by atoms with Crippen LogP contribution in [0.25, 0.3) is 0 Å². The van der Waals surface area contributed by atoms with Crippen LogP contribution < -0.4 is 0 Å². The molecule has 1 aromatic heterocycles. The topological polar surface area (TPSA) is 22.4 Å². The quantitative estimate of drug-likeness (QED) is 0.136. The van der Waals surface area contributed by atoms with Gasteiger partial charge in [-0.05, 0) is 0 Å². The van der Waals surface area contributed by atoms with Gasteiger partial charge >= 0.3 is 222 Å². The van der Waals surface area contributed by atoms with Crippen LogP contribution >= 0.6 is 5.51 Å². The molecule has 0 aliphatic rings. The summed E-state index contributed by atoms with van der Waals surface area (Å²) in [6.07, 6.45) is 7.48. The Morgan fingerprint density at radius 2 is 1.20 bits per heavy atom. The van der Waals surface area contributed by atoms with Crippen molar-refractivity contribution in [2.45, 2.75) is 71.8 Å². The van der Waals surface area contributed by atoms with Crippen molar-refractivity contribution >= 4 is 20.6 Å². The average molecular weight is 558 g/mol. The molecule has 3 aromatic rings. The van der Waals surface area contributed by atoms with Gasteiger partial charge in [0.1, 0.15) is 0 Å². The van der Waals surface area contributed by atoms with Gasteiger partial charge in [0.05, 0.1) is 0 Å². The monoisotopic (exact) mass is 558 g/mol. The first-order chi connectivity index (χ1) is 16.4. The predicted octanol–water partition coefficient (Wildman–Crippen LogP) is 7.98. The number of aryl methyl sites for hydroxylation is 2. The van der Waals surface area contributed by atoms with Crippen molar-refractivity contribution in [2.75, 3.05) is 25.1 Å². The fraction of sp³-hybridized carbons (Fsp3) is 0.484. The zero-order valence-corrected chi connectivity index (χ0v) is 25.1. The van der Waals surface area contributed by atoms with Crippen LogP contribution in [0, 0.1) is 0 Å². The summed E-state index contributed by atoms with van der Waals surface area (Å²) in [5, 5.41) is 0. The van der Waals surface area contributed by atoms with Gasteiger partial charge in [0.25, 0.3) is 0 Å². The summed E-state index contributed by atoms with van der Waals surface area (Å²) in [6.45, 7) is 15.0. The second kappa shape index (κ2) is 12.2. The van der Waals surface area contributed by atoms with Crippen molar-refractivity contribution in [3.8, 4) is 0 Å². The molecule has 2 aromatic carbocycles. The van der Waals surface area contributed by atoms with Gasteiger partial charge in [0.2, 0.25) is 0 Å². The van der Waals surface area contributed by atoms with Gasteiger partial charge in [-0.25, -0.2) is 0 Å². The predicted molar refractivity (Wildman–Crippen MR) is 153 cm³/mol. The Morgan fingerprint density at radius 1 is 0.714 bits per heavy atom. The Morgan fingerprint density at radius 3 is 1.60 bits per heavy atom. The van der Waals surface area contributed by atoms with Crippen LogP contribution in [-0.2, 0) is 35.0 Å². The summed E-state index contributed by atoms with van der Waals surface area (Å²) in [4.78, 5) is 0. The molecule has 0 spiro atoms. The van der Waals surface area contributed by atoms with E-state index < -0.39 is 5.51 Å². The Labute approximate surface area is 221 Å². The van der Waals surface area contributed by atoms with Gasteiger partial charge in [-0.2, -0.15) is 0 Å². The van der Waals surface area contributed by atoms with Crippen LogP contribution in [0.1, 0.15) is 69.6 Å². The summed E-state index contributed by atoms with van der Waals surface area (Å²) in [6, 6.07) is 22.4. The SMILES string of the molecule is CC(C)(C)c1ccc(CCP(=[Se])(CCOCc2ccco2)CCc2ccc(C(C)(C)C)cc2)cc1. The number of benzene rings is 2. The molecule has 0 amide bonds. The van der Waals surface area contributed by atoms with Gasteiger partial charge in [-0.1, -0.05) is 0 Å². The molecule has 0 saturated carbocycles. The molecule has 0 saturated heterocycles. The van der Waals surface area contributed by atoms with Crippen molar-refractivity contribution in [3.63, 3.8) is 0 Å². The number of furan rings is 1. The van der Waals surface area contributed by atoms with Crippen molar-refractivity contribution in [2.24, 2.45) is 0 Å². The summed E-state index contributed by atoms with van der Waals surface area (Å²) < 4.78 is 11.4. The standard InChI is InChI=1S/C31H43O2PSe/c1-30(2,3)27-13-9-25(10-14-27)17-21-34(35,23-20-32-24-29-8-7-19-33-29)22-18-26-11-15-28(16-12-26)31(4,5)6/h7-16,19H,17-18,20-24H2,1-6H3.